The van der Waals surface area contributed by atoms with E-state index in [-0.39, 0.29) is 12.0 Å². The first-order valence-electron chi connectivity index (χ1n) is 10.3. The minimum absolute atomic E-state index is 0.208. The second kappa shape index (κ2) is 10.9. The molecule has 0 saturated carbocycles. The zero-order valence-corrected chi connectivity index (χ0v) is 19.0. The third kappa shape index (κ3) is 7.42. The van der Waals surface area contributed by atoms with Crippen molar-refractivity contribution in [3.63, 3.8) is 0 Å². The monoisotopic (exact) mass is 396 g/mol. The Labute approximate surface area is 176 Å². The molecule has 0 bridgehead atoms. The fraction of sp³-hybridized carbons (Fsp3) is 0.520. The van der Waals surface area contributed by atoms with Crippen molar-refractivity contribution in [2.75, 3.05) is 13.6 Å². The lowest BCUT2D eigenvalue weighted by molar-refractivity contribution is 0.0278. The zero-order valence-electron chi connectivity index (χ0n) is 19.0. The van der Waals surface area contributed by atoms with E-state index in [9.17, 15) is 4.79 Å². The van der Waals surface area contributed by atoms with Gasteiger partial charge in [0.25, 0.3) is 0 Å². The van der Waals surface area contributed by atoms with E-state index < -0.39 is 5.60 Å². The predicted octanol–water partition coefficient (Wildman–Crippen LogP) is 6.50. The van der Waals surface area contributed by atoms with Crippen LogP contribution in [0.25, 0.3) is 0 Å². The molecule has 1 unspecified atom stereocenters. The average Bonchev–Trinajstić information content (AvgIpc) is 2.66. The van der Waals surface area contributed by atoms with E-state index in [1.54, 1.807) is 18.9 Å². The molecule has 1 aliphatic carbocycles. The molecule has 0 aromatic heterocycles. The van der Waals surface area contributed by atoms with E-state index >= 15 is 0 Å². The molecule has 4 heteroatoms. The van der Waals surface area contributed by atoms with Crippen LogP contribution in [-0.2, 0) is 4.74 Å². The van der Waals surface area contributed by atoms with E-state index in [1.165, 1.54) is 5.57 Å². The number of nitriles is 1. The Bertz CT molecular complexity index is 770. The number of ether oxygens (including phenoxy) is 1. The van der Waals surface area contributed by atoms with Crippen LogP contribution in [0.15, 0.2) is 59.3 Å². The second-order valence-electron chi connectivity index (χ2n) is 8.57. The Kier molecular flexibility index (Phi) is 9.17. The van der Waals surface area contributed by atoms with Crippen LogP contribution in [0.5, 0.6) is 0 Å². The van der Waals surface area contributed by atoms with Crippen molar-refractivity contribution in [1.82, 2.24) is 4.90 Å². The van der Waals surface area contributed by atoms with Crippen molar-refractivity contribution >= 4 is 6.09 Å². The standard InChI is InChI=1S/C25H36N2O2/c1-9-20(15-14-18(3)16-26)19(4)23-13-11-12-21(22(23)10-2)17-27(8)24(28)29-25(5,6)7/h10,14-15,21H,2,4,9,11-13,17H2,1,3,5-8H3/b18-14+,20-15+. The van der Waals surface area contributed by atoms with E-state index in [0.717, 1.165) is 42.4 Å². The Morgan fingerprint density at radius 2 is 2.03 bits per heavy atom. The van der Waals surface area contributed by atoms with E-state index in [4.69, 9.17) is 10.00 Å². The number of allylic oxidation sites excluding steroid dienone is 7. The molecule has 0 saturated heterocycles. The fourth-order valence-corrected chi connectivity index (χ4v) is 3.51. The van der Waals surface area contributed by atoms with Crippen LogP contribution in [-0.4, -0.2) is 30.2 Å². The summed E-state index contributed by atoms with van der Waals surface area (Å²) in [5.74, 6) is 0.208. The molecule has 1 aliphatic rings. The summed E-state index contributed by atoms with van der Waals surface area (Å²) in [4.78, 5) is 14.0. The number of rotatable bonds is 7. The van der Waals surface area contributed by atoms with Gasteiger partial charge in [-0.1, -0.05) is 32.2 Å². The van der Waals surface area contributed by atoms with Crippen molar-refractivity contribution < 1.29 is 9.53 Å². The quantitative estimate of drug-likeness (QED) is 0.364. The van der Waals surface area contributed by atoms with Crippen LogP contribution in [0.4, 0.5) is 4.79 Å². The van der Waals surface area contributed by atoms with Gasteiger partial charge in [0.1, 0.15) is 5.60 Å². The molecule has 0 N–H and O–H groups in total. The van der Waals surface area contributed by atoms with Gasteiger partial charge < -0.3 is 9.64 Å². The molecule has 0 aromatic carbocycles. The first kappa shape index (κ1) is 24.5. The van der Waals surface area contributed by atoms with Gasteiger partial charge >= 0.3 is 6.09 Å². The number of carbonyl (C=O) groups is 1. The number of hydrogen-bond acceptors (Lipinski definition) is 3. The minimum atomic E-state index is -0.510. The maximum atomic E-state index is 12.4. The van der Waals surface area contributed by atoms with Crippen molar-refractivity contribution in [3.05, 3.63) is 59.3 Å². The van der Waals surface area contributed by atoms with E-state index in [0.29, 0.717) is 12.1 Å². The zero-order chi connectivity index (χ0) is 22.2. The Morgan fingerprint density at radius 3 is 2.55 bits per heavy atom. The summed E-state index contributed by atoms with van der Waals surface area (Å²) in [6.45, 7) is 18.5. The van der Waals surface area contributed by atoms with E-state index in [2.05, 4.69) is 26.2 Å². The highest BCUT2D eigenvalue weighted by molar-refractivity contribution is 5.68. The topological polar surface area (TPSA) is 53.3 Å². The summed E-state index contributed by atoms with van der Waals surface area (Å²) in [5.41, 5.74) is 4.66. The lowest BCUT2D eigenvalue weighted by atomic mass is 9.78. The maximum absolute atomic E-state index is 12.4. The largest absolute Gasteiger partial charge is 0.444 e. The summed E-state index contributed by atoms with van der Waals surface area (Å²) in [6.07, 6.45) is 9.27. The summed E-state index contributed by atoms with van der Waals surface area (Å²) < 4.78 is 5.49. The molecule has 29 heavy (non-hydrogen) atoms. The molecule has 0 radical (unpaired) electrons. The van der Waals surface area contributed by atoms with Crippen LogP contribution < -0.4 is 0 Å². The van der Waals surface area contributed by atoms with Crippen molar-refractivity contribution in [3.8, 4) is 6.07 Å². The Hall–Kier alpha value is -2.54. The molecule has 1 atom stereocenters. The highest BCUT2D eigenvalue weighted by Gasteiger charge is 2.27. The number of hydrogen-bond donors (Lipinski definition) is 0. The third-order valence-electron chi connectivity index (χ3n) is 5.03. The van der Waals surface area contributed by atoms with Gasteiger partial charge in [0, 0.05) is 25.1 Å². The highest BCUT2D eigenvalue weighted by atomic mass is 16.6. The lowest BCUT2D eigenvalue weighted by Gasteiger charge is -2.32. The van der Waals surface area contributed by atoms with Crippen LogP contribution in [0, 0.1) is 17.2 Å². The average molecular weight is 397 g/mol. The molecule has 0 aromatic rings. The van der Waals surface area contributed by atoms with Gasteiger partial charge in [-0.3, -0.25) is 0 Å². The molecule has 1 rings (SSSR count). The van der Waals surface area contributed by atoms with Crippen LogP contribution >= 0.6 is 0 Å². The van der Waals surface area contributed by atoms with Gasteiger partial charge in [-0.05, 0) is 81.7 Å². The summed E-state index contributed by atoms with van der Waals surface area (Å²) in [7, 11) is 1.78. The van der Waals surface area contributed by atoms with Gasteiger partial charge in [-0.25, -0.2) is 4.79 Å². The molecular formula is C25H36N2O2. The maximum Gasteiger partial charge on any atom is 0.410 e. The lowest BCUT2D eigenvalue weighted by Crippen LogP contribution is -2.37. The SMILES string of the molecule is C=CC1=C(C(=C)/C(=C/C=C(\C)C#N)CC)CCCC1CN(C)C(=O)OC(C)(C)C. The molecule has 4 nitrogen and oxygen atoms in total. The smallest absolute Gasteiger partial charge is 0.410 e. The van der Waals surface area contributed by atoms with E-state index in [1.807, 2.05) is 39.0 Å². The first-order valence-corrected chi connectivity index (χ1v) is 10.3. The van der Waals surface area contributed by atoms with Crippen LogP contribution in [0.2, 0.25) is 0 Å². The molecule has 158 valence electrons. The molecule has 0 fully saturated rings. The first-order chi connectivity index (χ1) is 13.5. The molecule has 1 amide bonds. The third-order valence-corrected chi connectivity index (χ3v) is 5.03. The van der Waals surface area contributed by atoms with Crippen molar-refractivity contribution in [2.24, 2.45) is 5.92 Å². The van der Waals surface area contributed by atoms with Gasteiger partial charge in [0.2, 0.25) is 0 Å². The predicted molar refractivity (Wildman–Crippen MR) is 120 cm³/mol. The number of nitrogens with zero attached hydrogens (tertiary/aromatic N) is 2. The Morgan fingerprint density at radius 1 is 1.38 bits per heavy atom. The van der Waals surface area contributed by atoms with Crippen LogP contribution in [0.3, 0.4) is 0 Å². The van der Waals surface area contributed by atoms with Crippen LogP contribution in [0.1, 0.15) is 60.3 Å². The molecule has 0 spiro atoms. The normalized spacial score (nSPS) is 18.2. The number of carbonyl (C=O) groups excluding carboxylic acids is 1. The van der Waals surface area contributed by atoms with Gasteiger partial charge in [0.05, 0.1) is 6.07 Å². The highest BCUT2D eigenvalue weighted by Crippen LogP contribution is 2.37. The summed E-state index contributed by atoms with van der Waals surface area (Å²) in [5, 5.41) is 8.99. The second-order valence-corrected chi connectivity index (χ2v) is 8.57. The van der Waals surface area contributed by atoms with Gasteiger partial charge in [0.15, 0.2) is 0 Å². The fourth-order valence-electron chi connectivity index (χ4n) is 3.51. The number of amides is 1. The Balaban J connectivity index is 3.12. The van der Waals surface area contributed by atoms with Crippen molar-refractivity contribution in [1.29, 1.82) is 5.26 Å². The molecular weight excluding hydrogens is 360 g/mol. The minimum Gasteiger partial charge on any atom is -0.444 e. The van der Waals surface area contributed by atoms with Gasteiger partial charge in [-0.15, -0.1) is 0 Å². The van der Waals surface area contributed by atoms with Gasteiger partial charge in [-0.2, -0.15) is 5.26 Å². The summed E-state index contributed by atoms with van der Waals surface area (Å²) >= 11 is 0. The summed E-state index contributed by atoms with van der Waals surface area (Å²) in [6, 6.07) is 2.15. The molecule has 0 heterocycles. The molecule has 0 aliphatic heterocycles. The van der Waals surface area contributed by atoms with Crippen molar-refractivity contribution in [2.45, 2.75) is 65.9 Å².